The lowest BCUT2D eigenvalue weighted by Gasteiger charge is -2.33. The van der Waals surface area contributed by atoms with Crippen LogP contribution in [0.1, 0.15) is 18.4 Å². The van der Waals surface area contributed by atoms with Crippen molar-refractivity contribution in [1.29, 1.82) is 0 Å². The Balaban J connectivity index is 1.62. The van der Waals surface area contributed by atoms with Crippen molar-refractivity contribution in [1.82, 2.24) is 0 Å². The van der Waals surface area contributed by atoms with Crippen LogP contribution in [0.15, 0.2) is 30.3 Å². The maximum absolute atomic E-state index is 10.8. The van der Waals surface area contributed by atoms with Crippen molar-refractivity contribution in [2.24, 2.45) is 5.92 Å². The van der Waals surface area contributed by atoms with Gasteiger partial charge in [-0.15, -0.1) is 0 Å². The Bertz CT molecular complexity index is 463. The smallest absolute Gasteiger partial charge is 0.264 e. The minimum absolute atomic E-state index is 0.261. The van der Waals surface area contributed by atoms with Crippen LogP contribution in [0.5, 0.6) is 0 Å². The molecule has 1 fully saturated rings. The molecule has 1 radical (unpaired) electrons. The highest BCUT2D eigenvalue weighted by Gasteiger charge is 2.31. The molecule has 0 spiro atoms. The van der Waals surface area contributed by atoms with Crippen LogP contribution >= 0.6 is 0 Å². The lowest BCUT2D eigenvalue weighted by molar-refractivity contribution is 0.0333. The molecule has 18 heavy (non-hydrogen) atoms. The summed E-state index contributed by atoms with van der Waals surface area (Å²) in [6.45, 7) is 0.840. The molecule has 99 valence electrons. The third kappa shape index (κ3) is 4.40. The Kier molecular flexibility index (Phi) is 4.37. The Hall–Kier alpha value is -0.910. The molecule has 0 N–H and O–H groups in total. The molecule has 1 aromatic rings. The van der Waals surface area contributed by atoms with Gasteiger partial charge in [0, 0.05) is 0 Å². The molecule has 1 saturated carbocycles. The molecule has 1 aromatic carbocycles. The number of hydrogen-bond acceptors (Lipinski definition) is 4. The summed E-state index contributed by atoms with van der Waals surface area (Å²) in [5.41, 5.74) is 1.14. The fourth-order valence-corrected chi connectivity index (χ4v) is 2.24. The molecule has 0 bridgehead atoms. The third-order valence-electron chi connectivity index (χ3n) is 2.84. The molecular formula is C13H17O4S. The van der Waals surface area contributed by atoms with Gasteiger partial charge in [-0.2, -0.15) is 8.42 Å². The van der Waals surface area contributed by atoms with E-state index >= 15 is 0 Å². The molecule has 0 unspecified atom stereocenters. The molecule has 5 heteroatoms. The topological polar surface area (TPSA) is 52.6 Å². The highest BCUT2D eigenvalue weighted by atomic mass is 32.2. The standard InChI is InChI=1S/C13H17O4S/c1-18(14,15)17-10-12-7-13(8-12)16-9-11-5-3-2-4-6-11/h2-6,12H,7-10H2,1H3. The minimum Gasteiger partial charge on any atom is -0.367 e. The van der Waals surface area contributed by atoms with Gasteiger partial charge in [0.25, 0.3) is 10.1 Å². The van der Waals surface area contributed by atoms with E-state index < -0.39 is 10.1 Å². The first-order valence-corrected chi connectivity index (χ1v) is 7.70. The second-order valence-corrected chi connectivity index (χ2v) is 6.22. The van der Waals surface area contributed by atoms with Crippen molar-refractivity contribution >= 4 is 10.1 Å². The fourth-order valence-electron chi connectivity index (χ4n) is 1.80. The molecule has 0 heterocycles. The van der Waals surface area contributed by atoms with Crippen LogP contribution < -0.4 is 0 Å². The summed E-state index contributed by atoms with van der Waals surface area (Å²) in [4.78, 5) is 0. The monoisotopic (exact) mass is 269 g/mol. The fraction of sp³-hybridized carbons (Fsp3) is 0.462. The largest absolute Gasteiger partial charge is 0.367 e. The van der Waals surface area contributed by atoms with Gasteiger partial charge >= 0.3 is 0 Å². The van der Waals surface area contributed by atoms with Crippen LogP contribution in [0, 0.1) is 12.0 Å². The Morgan fingerprint density at radius 2 is 1.89 bits per heavy atom. The maximum Gasteiger partial charge on any atom is 0.264 e. The summed E-state index contributed by atoms with van der Waals surface area (Å²) < 4.78 is 32.0. The van der Waals surface area contributed by atoms with E-state index in [1.807, 2.05) is 30.3 Å². The minimum atomic E-state index is -3.32. The molecule has 4 nitrogen and oxygen atoms in total. The van der Waals surface area contributed by atoms with E-state index in [9.17, 15) is 8.42 Å². The van der Waals surface area contributed by atoms with Crippen LogP contribution in [-0.2, 0) is 25.6 Å². The van der Waals surface area contributed by atoms with Crippen LogP contribution in [0.25, 0.3) is 0 Å². The molecule has 1 aliphatic carbocycles. The molecule has 0 atom stereocenters. The number of benzene rings is 1. The molecule has 0 aliphatic heterocycles. The van der Waals surface area contributed by atoms with Crippen molar-refractivity contribution < 1.29 is 17.3 Å². The van der Waals surface area contributed by atoms with E-state index in [-0.39, 0.29) is 12.5 Å². The predicted octanol–water partition coefficient (Wildman–Crippen LogP) is 2.12. The number of hydrogen-bond donors (Lipinski definition) is 0. The lowest BCUT2D eigenvalue weighted by Crippen LogP contribution is -2.28. The van der Waals surface area contributed by atoms with E-state index in [0.29, 0.717) is 6.61 Å². The average molecular weight is 269 g/mol. The van der Waals surface area contributed by atoms with Crippen LogP contribution in [-0.4, -0.2) is 21.3 Å². The van der Waals surface area contributed by atoms with Gasteiger partial charge in [-0.25, -0.2) is 0 Å². The normalized spacial score (nSPS) is 17.6. The van der Waals surface area contributed by atoms with Gasteiger partial charge in [0.05, 0.1) is 25.6 Å². The van der Waals surface area contributed by atoms with Gasteiger partial charge in [-0.1, -0.05) is 30.3 Å². The van der Waals surface area contributed by atoms with Gasteiger partial charge in [0.15, 0.2) is 0 Å². The summed E-state index contributed by atoms with van der Waals surface area (Å²) in [6, 6.07) is 9.96. The summed E-state index contributed by atoms with van der Waals surface area (Å²) in [6.07, 6.45) is 3.69. The van der Waals surface area contributed by atoms with E-state index in [1.54, 1.807) is 0 Å². The summed E-state index contributed by atoms with van der Waals surface area (Å²) >= 11 is 0. The summed E-state index contributed by atoms with van der Waals surface area (Å²) in [5, 5.41) is 0. The van der Waals surface area contributed by atoms with Crippen molar-refractivity contribution in [2.45, 2.75) is 19.4 Å². The van der Waals surface area contributed by atoms with Crippen LogP contribution in [0.3, 0.4) is 0 Å². The van der Waals surface area contributed by atoms with Gasteiger partial charge in [0.2, 0.25) is 0 Å². The zero-order valence-corrected chi connectivity index (χ0v) is 11.2. The SMILES string of the molecule is CS(=O)(=O)OCC1C[C](OCc2ccccc2)C1. The second kappa shape index (κ2) is 5.82. The lowest BCUT2D eigenvalue weighted by atomic mass is 9.83. The van der Waals surface area contributed by atoms with E-state index in [0.717, 1.165) is 30.8 Å². The Labute approximate surface area is 108 Å². The van der Waals surface area contributed by atoms with Crippen molar-refractivity contribution in [3.8, 4) is 0 Å². The quantitative estimate of drug-likeness (QED) is 0.742. The molecule has 0 saturated heterocycles. The first kappa shape index (κ1) is 13.5. The Morgan fingerprint density at radius 1 is 1.22 bits per heavy atom. The predicted molar refractivity (Wildman–Crippen MR) is 68.0 cm³/mol. The highest BCUT2D eigenvalue weighted by Crippen LogP contribution is 2.37. The van der Waals surface area contributed by atoms with Crippen LogP contribution in [0.4, 0.5) is 0 Å². The van der Waals surface area contributed by atoms with Crippen molar-refractivity contribution in [3.63, 3.8) is 0 Å². The first-order valence-electron chi connectivity index (χ1n) is 5.89. The molecule has 1 aliphatic rings. The average Bonchev–Trinajstić information content (AvgIpc) is 2.26. The Morgan fingerprint density at radius 3 is 2.50 bits per heavy atom. The number of ether oxygens (including phenoxy) is 1. The molecule has 2 rings (SSSR count). The zero-order chi connectivity index (χ0) is 13.0. The summed E-state index contributed by atoms with van der Waals surface area (Å²) in [5.74, 6) is 0.269. The number of rotatable bonds is 6. The molecule has 0 aromatic heterocycles. The zero-order valence-electron chi connectivity index (χ0n) is 10.3. The van der Waals surface area contributed by atoms with Gasteiger partial charge < -0.3 is 4.74 Å². The van der Waals surface area contributed by atoms with Gasteiger partial charge in [-0.3, -0.25) is 4.18 Å². The van der Waals surface area contributed by atoms with Gasteiger partial charge in [-0.05, 0) is 24.3 Å². The third-order valence-corrected chi connectivity index (χ3v) is 3.40. The second-order valence-electron chi connectivity index (χ2n) is 4.58. The highest BCUT2D eigenvalue weighted by molar-refractivity contribution is 7.85. The van der Waals surface area contributed by atoms with E-state index in [4.69, 9.17) is 8.92 Å². The first-order chi connectivity index (χ1) is 8.53. The summed E-state index contributed by atoms with van der Waals surface area (Å²) in [7, 11) is -3.32. The van der Waals surface area contributed by atoms with Gasteiger partial charge in [0.1, 0.15) is 0 Å². The van der Waals surface area contributed by atoms with E-state index in [1.165, 1.54) is 0 Å². The maximum atomic E-state index is 10.8. The molecule has 0 amide bonds. The molecular weight excluding hydrogens is 252 g/mol. The van der Waals surface area contributed by atoms with E-state index in [2.05, 4.69) is 0 Å². The van der Waals surface area contributed by atoms with Crippen LogP contribution in [0.2, 0.25) is 0 Å². The van der Waals surface area contributed by atoms with Crippen molar-refractivity contribution in [3.05, 3.63) is 42.0 Å². The van der Waals surface area contributed by atoms with Crippen molar-refractivity contribution in [2.75, 3.05) is 12.9 Å².